The summed E-state index contributed by atoms with van der Waals surface area (Å²) in [5.74, 6) is -3.42. The lowest BCUT2D eigenvalue weighted by Gasteiger charge is -2.29. The Kier molecular flexibility index (Phi) is 37.8. The van der Waals surface area contributed by atoms with E-state index < -0.39 is 90.4 Å². The third-order valence-corrected chi connectivity index (χ3v) is 13.5. The van der Waals surface area contributed by atoms with E-state index in [9.17, 15) is 43.2 Å². The molecule has 79 heavy (non-hydrogen) atoms. The fraction of sp³-hybridized carbons (Fsp3) is 0.833. The summed E-state index contributed by atoms with van der Waals surface area (Å²) in [6, 6.07) is -5.06. The van der Waals surface area contributed by atoms with Gasteiger partial charge in [-0.2, -0.15) is 0 Å². The first kappa shape index (κ1) is 73.5. The zero-order chi connectivity index (χ0) is 60.4. The zero-order valence-electron chi connectivity index (χ0n) is 49.9. The van der Waals surface area contributed by atoms with Crippen LogP contribution >= 0.6 is 0 Å². The predicted octanol–water partition coefficient (Wildman–Crippen LogP) is 1.76. The lowest BCUT2D eigenvalue weighted by molar-refractivity contribution is -0.126. The van der Waals surface area contributed by atoms with Crippen molar-refractivity contribution in [1.82, 2.24) is 58.5 Å². The average Bonchev–Trinajstić information content (AvgIpc) is 3.32. The molecule has 0 bridgehead atoms. The van der Waals surface area contributed by atoms with Crippen LogP contribution < -0.4 is 87.2 Å². The van der Waals surface area contributed by atoms with Gasteiger partial charge in [-0.1, -0.05) is 102 Å². The second kappa shape index (κ2) is 40.6. The first-order chi connectivity index (χ1) is 37.0. The topological polar surface area (TPSA) is 416 Å². The number of primary amides is 1. The number of urea groups is 3. The summed E-state index contributed by atoms with van der Waals surface area (Å²) in [4.78, 5) is 119. The van der Waals surface area contributed by atoms with E-state index >= 15 is 0 Å². The first-order valence-corrected chi connectivity index (χ1v) is 28.8. The molecule has 0 aliphatic heterocycles. The Bertz CT molecular complexity index is 1840. The van der Waals surface area contributed by atoms with Gasteiger partial charge in [0.25, 0.3) is 0 Å². The van der Waals surface area contributed by atoms with Gasteiger partial charge in [-0.3, -0.25) is 28.8 Å². The van der Waals surface area contributed by atoms with Crippen molar-refractivity contribution in [3.05, 3.63) is 0 Å². The SMILES string of the molecule is CC(C)[C@H](NC(=O)C[C@@H](NC(=O)C[C@H](CCCCN)NC(=O)N[C@@H](NC(=O)C[C@@H](NC(=O)C[C@H](CCCCN)NC(=O)N[C@@H](NC(=O)C[C@@H](N)C(C)C)C(C)C)C(C)C)C(C)C)C(C)C)NC(=O)N[C@@H](CCCCN)CC(N)=O. The maximum absolute atomic E-state index is 13.7. The van der Waals surface area contributed by atoms with E-state index in [0.29, 0.717) is 71.0 Å². The van der Waals surface area contributed by atoms with Gasteiger partial charge in [0, 0.05) is 74.8 Å². The van der Waals surface area contributed by atoms with E-state index in [1.807, 2.05) is 83.1 Å². The van der Waals surface area contributed by atoms with E-state index in [2.05, 4.69) is 58.5 Å². The molecule has 25 nitrogen and oxygen atoms in total. The molecule has 21 N–H and O–H groups in total. The fourth-order valence-electron chi connectivity index (χ4n) is 8.17. The molecule has 0 saturated heterocycles. The lowest BCUT2D eigenvalue weighted by atomic mass is 9.99. The van der Waals surface area contributed by atoms with E-state index in [1.165, 1.54) is 0 Å². The van der Waals surface area contributed by atoms with E-state index in [-0.39, 0.29) is 91.9 Å². The van der Waals surface area contributed by atoms with Gasteiger partial charge >= 0.3 is 18.1 Å². The Hall–Kier alpha value is -5.53. The van der Waals surface area contributed by atoms with Crippen molar-refractivity contribution in [1.29, 1.82) is 0 Å². The minimum Gasteiger partial charge on any atom is -0.370 e. The minimum atomic E-state index is -0.840. The van der Waals surface area contributed by atoms with Crippen molar-refractivity contribution >= 4 is 53.5 Å². The van der Waals surface area contributed by atoms with Gasteiger partial charge in [-0.15, -0.1) is 0 Å². The number of rotatable bonds is 41. The zero-order valence-corrected chi connectivity index (χ0v) is 49.9. The number of unbranched alkanes of at least 4 members (excludes halogenated alkanes) is 3. The van der Waals surface area contributed by atoms with Gasteiger partial charge in [-0.25, -0.2) is 14.4 Å². The van der Waals surface area contributed by atoms with Crippen LogP contribution in [-0.4, -0.2) is 128 Å². The van der Waals surface area contributed by atoms with Gasteiger partial charge < -0.3 is 87.2 Å². The number of amides is 12. The van der Waals surface area contributed by atoms with Crippen LogP contribution in [0.5, 0.6) is 0 Å². The summed E-state index contributed by atoms with van der Waals surface area (Å²) in [7, 11) is 0. The highest BCUT2D eigenvalue weighted by molar-refractivity contribution is 5.84. The molecule has 0 aliphatic rings. The molecule has 458 valence electrons. The molecule has 0 saturated carbocycles. The number of hydrogen-bond acceptors (Lipinski definition) is 13. The largest absolute Gasteiger partial charge is 0.370 e. The van der Waals surface area contributed by atoms with Crippen molar-refractivity contribution < 1.29 is 43.2 Å². The summed E-state index contributed by atoms with van der Waals surface area (Å²) < 4.78 is 0. The van der Waals surface area contributed by atoms with Crippen LogP contribution in [0.25, 0.3) is 0 Å². The number of nitrogens with two attached hydrogens (primary N) is 5. The van der Waals surface area contributed by atoms with Crippen molar-refractivity contribution in [2.24, 2.45) is 64.2 Å². The summed E-state index contributed by atoms with van der Waals surface area (Å²) in [6.07, 6.45) is 2.66. The van der Waals surface area contributed by atoms with Crippen LogP contribution in [-0.2, 0) is 28.8 Å². The Labute approximate surface area is 471 Å². The molecule has 0 rings (SSSR count). The van der Waals surface area contributed by atoms with E-state index in [0.717, 1.165) is 6.42 Å². The Morgan fingerprint density at radius 3 is 0.848 bits per heavy atom. The molecule has 12 amide bonds. The van der Waals surface area contributed by atoms with Gasteiger partial charge in [0.1, 0.15) is 18.5 Å². The van der Waals surface area contributed by atoms with Gasteiger partial charge in [0.2, 0.25) is 35.4 Å². The molecule has 0 heterocycles. The Balaban J connectivity index is 5.82. The highest BCUT2D eigenvalue weighted by atomic mass is 16.2. The monoisotopic (exact) mass is 1120 g/mol. The number of carbonyl (C=O) groups is 9. The van der Waals surface area contributed by atoms with E-state index in [4.69, 9.17) is 28.7 Å². The van der Waals surface area contributed by atoms with Crippen molar-refractivity contribution in [3.8, 4) is 0 Å². The highest BCUT2D eigenvalue weighted by Gasteiger charge is 2.30. The van der Waals surface area contributed by atoms with Crippen LogP contribution in [0.4, 0.5) is 14.4 Å². The smallest absolute Gasteiger partial charge is 0.316 e. The molecule has 25 heteroatoms. The Morgan fingerprint density at radius 2 is 0.595 bits per heavy atom. The van der Waals surface area contributed by atoms with Crippen LogP contribution in [0.15, 0.2) is 0 Å². The first-order valence-electron chi connectivity index (χ1n) is 28.8. The van der Waals surface area contributed by atoms with Crippen molar-refractivity contribution in [3.63, 3.8) is 0 Å². The third-order valence-electron chi connectivity index (χ3n) is 13.5. The van der Waals surface area contributed by atoms with Crippen molar-refractivity contribution in [2.75, 3.05) is 19.6 Å². The van der Waals surface area contributed by atoms with Gasteiger partial charge in [-0.05, 0) is 93.7 Å². The van der Waals surface area contributed by atoms with Gasteiger partial charge in [0.05, 0.1) is 0 Å². The average molecular weight is 1130 g/mol. The number of hydrogen-bond donors (Lipinski definition) is 16. The standard InChI is InChI=1S/C54H108N16O9/c1-31(2)40(58)28-46(74)65-49(34(7)8)68-53(78)61-38(20-14-17-23-56)26-44(72)64-42(33(5)6)30-48(76)67-51(36(11)12)70-54(79)62-39(21-15-18-24-57)27-45(73)63-41(32(3)4)29-47(75)66-50(35(9)10)69-52(77)60-37(25-43(59)71)19-13-16-22-55/h31-42,49-51H,13-30,55-58H2,1-12H3,(H2,59,71)(H,63,73)(H,64,72)(H,65,74)(H,66,75)(H,67,76)(H2,60,69,77)(H2,61,68,78)(H2,62,70,79)/t37-,38-,39-,40+,41+,42+,49+,50+,51+/m0/s1. The van der Waals surface area contributed by atoms with Gasteiger partial charge in [0.15, 0.2) is 0 Å². The molecule has 0 radical (unpaired) electrons. The molecular formula is C54H108N16O9. The predicted molar refractivity (Wildman–Crippen MR) is 309 cm³/mol. The summed E-state index contributed by atoms with van der Waals surface area (Å²) in [6.45, 7) is 23.6. The molecule has 0 fully saturated rings. The second-order valence-electron chi connectivity index (χ2n) is 23.1. The summed E-state index contributed by atoms with van der Waals surface area (Å²) >= 11 is 0. The Morgan fingerprint density at radius 1 is 0.316 bits per heavy atom. The molecule has 0 aromatic carbocycles. The molecule has 0 aliphatic carbocycles. The van der Waals surface area contributed by atoms with Crippen molar-refractivity contribution in [2.45, 2.75) is 234 Å². The molecule has 0 unspecified atom stereocenters. The molecule has 9 atom stereocenters. The molecule has 0 spiro atoms. The van der Waals surface area contributed by atoms with Crippen LogP contribution in [0.1, 0.15) is 179 Å². The number of nitrogens with one attached hydrogen (secondary N) is 11. The normalized spacial score (nSPS) is 15.0. The molecule has 0 aromatic heterocycles. The minimum absolute atomic E-state index is 0.0498. The van der Waals surface area contributed by atoms with Crippen LogP contribution in [0, 0.1) is 35.5 Å². The third kappa shape index (κ3) is 35.0. The van der Waals surface area contributed by atoms with Crippen LogP contribution in [0.3, 0.4) is 0 Å². The molecule has 0 aromatic rings. The summed E-state index contributed by atoms with van der Waals surface area (Å²) in [5, 5.41) is 31.5. The maximum Gasteiger partial charge on any atom is 0.316 e. The fourth-order valence-corrected chi connectivity index (χ4v) is 8.17. The summed E-state index contributed by atoms with van der Waals surface area (Å²) in [5.41, 5.74) is 28.6. The van der Waals surface area contributed by atoms with Crippen LogP contribution in [0.2, 0.25) is 0 Å². The van der Waals surface area contributed by atoms with E-state index in [1.54, 1.807) is 0 Å². The lowest BCUT2D eigenvalue weighted by Crippen LogP contribution is -2.57. The quantitative estimate of drug-likeness (QED) is 0.0307. The molecular weight excluding hydrogens is 1020 g/mol. The maximum atomic E-state index is 13.7. The second-order valence-corrected chi connectivity index (χ2v) is 23.1. The number of carbonyl (C=O) groups excluding carboxylic acids is 9. The highest BCUT2D eigenvalue weighted by Crippen LogP contribution is 2.14.